The van der Waals surface area contributed by atoms with Gasteiger partial charge in [-0.05, 0) is 31.5 Å². The van der Waals surface area contributed by atoms with Crippen LogP contribution in [0.5, 0.6) is 0 Å². The van der Waals surface area contributed by atoms with Crippen molar-refractivity contribution in [3.05, 3.63) is 46.7 Å². The third-order valence-corrected chi connectivity index (χ3v) is 3.30. The van der Waals surface area contributed by atoms with E-state index in [0.29, 0.717) is 10.7 Å². The lowest BCUT2D eigenvalue weighted by molar-refractivity contribution is -0.115. The molecule has 106 valence electrons. The third kappa shape index (κ3) is 3.82. The van der Waals surface area contributed by atoms with E-state index in [-0.39, 0.29) is 18.5 Å². The maximum absolute atomic E-state index is 11.9. The van der Waals surface area contributed by atoms with Gasteiger partial charge < -0.3 is 10.6 Å². The van der Waals surface area contributed by atoms with E-state index in [0.717, 1.165) is 11.1 Å². The lowest BCUT2D eigenvalue weighted by atomic mass is 10.2. The Labute approximate surface area is 122 Å². The molecule has 0 saturated heterocycles. The van der Waals surface area contributed by atoms with Gasteiger partial charge in [-0.2, -0.15) is 5.10 Å². The Bertz CT molecular complexity index is 583. The summed E-state index contributed by atoms with van der Waals surface area (Å²) in [7, 11) is 0. The van der Waals surface area contributed by atoms with Gasteiger partial charge in [-0.25, -0.2) is 0 Å². The van der Waals surface area contributed by atoms with Gasteiger partial charge >= 0.3 is 0 Å². The number of carbonyl (C=O) groups excluding carboxylic acids is 1. The second-order valence-corrected chi connectivity index (χ2v) is 5.07. The molecule has 1 amide bonds. The van der Waals surface area contributed by atoms with Crippen molar-refractivity contribution in [1.82, 2.24) is 15.5 Å². The number of aryl methyl sites for hydroxylation is 1. The minimum Gasteiger partial charge on any atom is -0.324 e. The van der Waals surface area contributed by atoms with Crippen LogP contribution in [-0.2, 0) is 4.79 Å². The third-order valence-electron chi connectivity index (χ3n) is 2.99. The number of amides is 1. The topological polar surface area (TPSA) is 69.8 Å². The summed E-state index contributed by atoms with van der Waals surface area (Å²) in [6.45, 7) is 4.12. The zero-order valence-electron chi connectivity index (χ0n) is 11.4. The van der Waals surface area contributed by atoms with Gasteiger partial charge in [-0.3, -0.25) is 9.89 Å². The molecule has 5 nitrogen and oxygen atoms in total. The maximum atomic E-state index is 11.9. The van der Waals surface area contributed by atoms with E-state index in [4.69, 9.17) is 11.6 Å². The van der Waals surface area contributed by atoms with Crippen LogP contribution in [0.1, 0.15) is 24.1 Å². The predicted octanol–water partition coefficient (Wildman–Crippen LogP) is 2.66. The number of halogens is 1. The van der Waals surface area contributed by atoms with E-state index in [9.17, 15) is 4.79 Å². The molecule has 6 heteroatoms. The van der Waals surface area contributed by atoms with Gasteiger partial charge in [0.15, 0.2) is 0 Å². The Morgan fingerprint density at radius 1 is 1.50 bits per heavy atom. The fraction of sp³-hybridized carbons (Fsp3) is 0.286. The molecule has 1 heterocycles. The first-order chi connectivity index (χ1) is 9.56. The smallest absolute Gasteiger partial charge is 0.238 e. The molecular weight excluding hydrogens is 276 g/mol. The molecule has 20 heavy (non-hydrogen) atoms. The molecule has 2 aromatic rings. The molecule has 1 aromatic heterocycles. The Balaban J connectivity index is 1.86. The van der Waals surface area contributed by atoms with E-state index >= 15 is 0 Å². The molecule has 0 aliphatic carbocycles. The summed E-state index contributed by atoms with van der Waals surface area (Å²) in [5, 5.41) is 13.1. The van der Waals surface area contributed by atoms with E-state index in [1.54, 1.807) is 18.5 Å². The van der Waals surface area contributed by atoms with Crippen molar-refractivity contribution < 1.29 is 4.79 Å². The number of aromatic nitrogens is 2. The number of benzene rings is 1. The van der Waals surface area contributed by atoms with E-state index in [2.05, 4.69) is 20.8 Å². The minimum absolute atomic E-state index is 0.0491. The number of hydrogen-bond acceptors (Lipinski definition) is 3. The molecule has 3 N–H and O–H groups in total. The summed E-state index contributed by atoms with van der Waals surface area (Å²) < 4.78 is 0. The molecule has 0 unspecified atom stereocenters. The van der Waals surface area contributed by atoms with Crippen LogP contribution in [0, 0.1) is 6.92 Å². The highest BCUT2D eigenvalue weighted by Gasteiger charge is 2.10. The van der Waals surface area contributed by atoms with E-state index < -0.39 is 0 Å². The Morgan fingerprint density at radius 2 is 2.30 bits per heavy atom. The second kappa shape index (κ2) is 6.54. The first-order valence-electron chi connectivity index (χ1n) is 6.34. The van der Waals surface area contributed by atoms with Crippen LogP contribution >= 0.6 is 11.6 Å². The van der Waals surface area contributed by atoms with Crippen LogP contribution in [0.3, 0.4) is 0 Å². The zero-order valence-corrected chi connectivity index (χ0v) is 12.2. The number of hydrogen-bond donors (Lipinski definition) is 3. The molecule has 1 aromatic carbocycles. The highest BCUT2D eigenvalue weighted by molar-refractivity contribution is 6.33. The fourth-order valence-electron chi connectivity index (χ4n) is 1.78. The molecule has 1 atom stereocenters. The van der Waals surface area contributed by atoms with Gasteiger partial charge in [0.1, 0.15) is 0 Å². The van der Waals surface area contributed by atoms with Crippen molar-refractivity contribution in [3.63, 3.8) is 0 Å². The van der Waals surface area contributed by atoms with E-state index in [1.807, 2.05) is 26.0 Å². The Hall–Kier alpha value is -1.85. The number of nitrogens with one attached hydrogen (secondary N) is 3. The van der Waals surface area contributed by atoms with Gasteiger partial charge in [-0.15, -0.1) is 0 Å². The SMILES string of the molecule is Cc1ccc(NC(=O)CN[C@@H](C)c2cn[nH]c2)c(Cl)c1. The molecule has 0 saturated carbocycles. The summed E-state index contributed by atoms with van der Waals surface area (Å²) in [6.07, 6.45) is 3.53. The average Bonchev–Trinajstić information content (AvgIpc) is 2.93. The monoisotopic (exact) mass is 292 g/mol. The largest absolute Gasteiger partial charge is 0.324 e. The number of H-pyrrole nitrogens is 1. The number of carbonyl (C=O) groups is 1. The van der Waals surface area contributed by atoms with Crippen LogP contribution in [0.25, 0.3) is 0 Å². The van der Waals surface area contributed by atoms with Gasteiger partial charge in [0.05, 0.1) is 23.5 Å². The maximum Gasteiger partial charge on any atom is 0.238 e. The quantitative estimate of drug-likeness (QED) is 0.793. The number of anilines is 1. The Kier molecular flexibility index (Phi) is 4.76. The van der Waals surface area contributed by atoms with Crippen molar-refractivity contribution in [2.45, 2.75) is 19.9 Å². The van der Waals surface area contributed by atoms with Gasteiger partial charge in [0, 0.05) is 17.8 Å². The summed E-state index contributed by atoms with van der Waals surface area (Å²) in [6, 6.07) is 5.57. The van der Waals surface area contributed by atoms with E-state index in [1.165, 1.54) is 0 Å². The molecule has 0 spiro atoms. The van der Waals surface area contributed by atoms with Gasteiger partial charge in [-0.1, -0.05) is 17.7 Å². The molecule has 0 aliphatic heterocycles. The summed E-state index contributed by atoms with van der Waals surface area (Å²) in [5.74, 6) is -0.133. The highest BCUT2D eigenvalue weighted by Crippen LogP contribution is 2.22. The van der Waals surface area contributed by atoms with Crippen LogP contribution in [-0.4, -0.2) is 22.6 Å². The van der Waals surface area contributed by atoms with Crippen LogP contribution < -0.4 is 10.6 Å². The van der Waals surface area contributed by atoms with Crippen molar-refractivity contribution >= 4 is 23.2 Å². The van der Waals surface area contributed by atoms with Crippen LogP contribution in [0.2, 0.25) is 5.02 Å². The zero-order chi connectivity index (χ0) is 14.5. The normalized spacial score (nSPS) is 12.2. The molecule has 0 bridgehead atoms. The van der Waals surface area contributed by atoms with Gasteiger partial charge in [0.25, 0.3) is 0 Å². The molecule has 0 aliphatic rings. The van der Waals surface area contributed by atoms with Crippen molar-refractivity contribution in [1.29, 1.82) is 0 Å². The second-order valence-electron chi connectivity index (χ2n) is 4.67. The number of rotatable bonds is 5. The van der Waals surface area contributed by atoms with Crippen molar-refractivity contribution in [3.8, 4) is 0 Å². The molecular formula is C14H17ClN4O. The summed E-state index contributed by atoms with van der Waals surface area (Å²) in [4.78, 5) is 11.9. The lowest BCUT2D eigenvalue weighted by Gasteiger charge is -2.12. The standard InChI is InChI=1S/C14H17ClN4O/c1-9-3-4-13(12(15)5-9)19-14(20)8-16-10(2)11-6-17-18-7-11/h3-7,10,16H,8H2,1-2H3,(H,17,18)(H,19,20)/t10-/m0/s1. The van der Waals surface area contributed by atoms with Crippen LogP contribution in [0.15, 0.2) is 30.6 Å². The first kappa shape index (κ1) is 14.6. The van der Waals surface area contributed by atoms with Crippen molar-refractivity contribution in [2.24, 2.45) is 0 Å². The van der Waals surface area contributed by atoms with Crippen LogP contribution in [0.4, 0.5) is 5.69 Å². The first-order valence-corrected chi connectivity index (χ1v) is 6.72. The summed E-state index contributed by atoms with van der Waals surface area (Å²) in [5.41, 5.74) is 2.69. The highest BCUT2D eigenvalue weighted by atomic mass is 35.5. The number of aromatic amines is 1. The lowest BCUT2D eigenvalue weighted by Crippen LogP contribution is -2.30. The molecule has 0 radical (unpaired) electrons. The minimum atomic E-state index is -0.133. The fourth-order valence-corrected chi connectivity index (χ4v) is 2.06. The summed E-state index contributed by atoms with van der Waals surface area (Å²) >= 11 is 6.07. The number of nitrogens with zero attached hydrogens (tertiary/aromatic N) is 1. The Morgan fingerprint density at radius 3 is 2.95 bits per heavy atom. The molecule has 0 fully saturated rings. The average molecular weight is 293 g/mol. The van der Waals surface area contributed by atoms with Gasteiger partial charge in [0.2, 0.25) is 5.91 Å². The van der Waals surface area contributed by atoms with Crippen molar-refractivity contribution in [2.75, 3.05) is 11.9 Å². The molecule has 2 rings (SSSR count). The predicted molar refractivity (Wildman–Crippen MR) is 79.8 cm³/mol.